The van der Waals surface area contributed by atoms with Crippen LogP contribution in [0.15, 0.2) is 22.3 Å². The summed E-state index contributed by atoms with van der Waals surface area (Å²) in [4.78, 5) is 42.8. The molecule has 160 valence electrons. The van der Waals surface area contributed by atoms with E-state index in [9.17, 15) is 9.59 Å². The van der Waals surface area contributed by atoms with Gasteiger partial charge >= 0.3 is 0 Å². The van der Waals surface area contributed by atoms with Crippen LogP contribution >= 0.6 is 11.3 Å². The topological polar surface area (TPSA) is 110 Å². The lowest BCUT2D eigenvalue weighted by atomic mass is 10.1. The molecule has 0 atom stereocenters. The van der Waals surface area contributed by atoms with Gasteiger partial charge in [-0.25, -0.2) is 19.6 Å². The number of hydrogen-bond acceptors (Lipinski definition) is 7. The fourth-order valence-electron chi connectivity index (χ4n) is 3.52. The molecular formula is C21H23N7O2S. The maximum absolute atomic E-state index is 12.9. The average molecular weight is 438 g/mol. The summed E-state index contributed by atoms with van der Waals surface area (Å²) in [6, 6.07) is 3.71. The number of H-pyrrole nitrogens is 1. The van der Waals surface area contributed by atoms with Crippen LogP contribution in [0.25, 0.3) is 16.2 Å². The van der Waals surface area contributed by atoms with Crippen molar-refractivity contribution < 1.29 is 4.79 Å². The highest BCUT2D eigenvalue weighted by Crippen LogP contribution is 2.18. The van der Waals surface area contributed by atoms with Crippen molar-refractivity contribution in [2.45, 2.75) is 40.7 Å². The van der Waals surface area contributed by atoms with Crippen LogP contribution in [0, 0.1) is 27.7 Å². The van der Waals surface area contributed by atoms with Crippen LogP contribution in [-0.2, 0) is 17.8 Å². The molecule has 4 rings (SSSR count). The summed E-state index contributed by atoms with van der Waals surface area (Å²) in [5, 5.41) is 6.39. The van der Waals surface area contributed by atoms with Crippen LogP contribution in [0.5, 0.6) is 0 Å². The first-order valence-electron chi connectivity index (χ1n) is 9.81. The quantitative estimate of drug-likeness (QED) is 0.513. The molecule has 4 heterocycles. The van der Waals surface area contributed by atoms with Crippen LogP contribution in [0.4, 0.5) is 0 Å². The third-order valence-electron chi connectivity index (χ3n) is 5.11. The predicted molar refractivity (Wildman–Crippen MR) is 119 cm³/mol. The Morgan fingerprint density at radius 3 is 2.58 bits per heavy atom. The summed E-state index contributed by atoms with van der Waals surface area (Å²) < 4.78 is 2.27. The highest BCUT2D eigenvalue weighted by atomic mass is 32.1. The molecule has 0 saturated heterocycles. The molecular weight excluding hydrogens is 414 g/mol. The van der Waals surface area contributed by atoms with Gasteiger partial charge in [-0.3, -0.25) is 9.59 Å². The lowest BCUT2D eigenvalue weighted by molar-refractivity contribution is -0.129. The summed E-state index contributed by atoms with van der Waals surface area (Å²) in [5.74, 6) is 0.857. The second-order valence-corrected chi connectivity index (χ2v) is 8.50. The Bertz CT molecular complexity index is 1330. The van der Waals surface area contributed by atoms with Crippen molar-refractivity contribution in [3.8, 4) is 5.95 Å². The number of amides is 1. The number of aromatic nitrogens is 6. The summed E-state index contributed by atoms with van der Waals surface area (Å²) >= 11 is 1.35. The van der Waals surface area contributed by atoms with Gasteiger partial charge in [0.2, 0.25) is 5.91 Å². The van der Waals surface area contributed by atoms with E-state index in [4.69, 9.17) is 0 Å². The number of likely N-dealkylation sites (N-methyl/N-ethyl adjacent to an activating group) is 1. The zero-order chi connectivity index (χ0) is 22.3. The molecule has 10 heteroatoms. The Hall–Kier alpha value is -3.40. The summed E-state index contributed by atoms with van der Waals surface area (Å²) in [7, 11) is 1.70. The van der Waals surface area contributed by atoms with Crippen LogP contribution in [0.1, 0.15) is 34.2 Å². The molecule has 1 N–H and O–H groups in total. The van der Waals surface area contributed by atoms with Gasteiger partial charge in [-0.05, 0) is 45.2 Å². The molecule has 0 aliphatic rings. The van der Waals surface area contributed by atoms with Gasteiger partial charge in [0.1, 0.15) is 10.5 Å². The maximum atomic E-state index is 12.9. The van der Waals surface area contributed by atoms with Crippen LogP contribution in [0.3, 0.4) is 0 Å². The van der Waals surface area contributed by atoms with Gasteiger partial charge in [0.15, 0.2) is 0 Å². The van der Waals surface area contributed by atoms with E-state index in [0.29, 0.717) is 22.0 Å². The monoisotopic (exact) mass is 437 g/mol. The molecule has 0 aromatic carbocycles. The van der Waals surface area contributed by atoms with Gasteiger partial charge in [-0.15, -0.1) is 11.3 Å². The fraction of sp³-hybridized carbons (Fsp3) is 0.333. The molecule has 1 amide bonds. The van der Waals surface area contributed by atoms with E-state index in [2.05, 4.69) is 25.0 Å². The van der Waals surface area contributed by atoms with Crippen LogP contribution in [-0.4, -0.2) is 47.6 Å². The number of aryl methyl sites for hydroxylation is 3. The molecule has 9 nitrogen and oxygen atoms in total. The van der Waals surface area contributed by atoms with E-state index in [0.717, 1.165) is 28.3 Å². The summed E-state index contributed by atoms with van der Waals surface area (Å²) in [6.07, 6.45) is 0.184. The van der Waals surface area contributed by atoms with Crippen molar-refractivity contribution in [1.82, 2.24) is 34.6 Å². The average Bonchev–Trinajstić information content (AvgIpc) is 3.27. The number of carbonyl (C=O) groups excluding carboxylic acids is 1. The lowest BCUT2D eigenvalue weighted by Crippen LogP contribution is -2.29. The van der Waals surface area contributed by atoms with E-state index in [1.165, 1.54) is 11.3 Å². The van der Waals surface area contributed by atoms with Gasteiger partial charge in [0, 0.05) is 29.7 Å². The highest BCUT2D eigenvalue weighted by molar-refractivity contribution is 7.17. The molecule has 0 bridgehead atoms. The Morgan fingerprint density at radius 2 is 1.87 bits per heavy atom. The number of hydrogen-bond donors (Lipinski definition) is 1. The Morgan fingerprint density at radius 1 is 1.16 bits per heavy atom. The highest BCUT2D eigenvalue weighted by Gasteiger charge is 2.20. The van der Waals surface area contributed by atoms with Crippen molar-refractivity contribution in [3.63, 3.8) is 0 Å². The van der Waals surface area contributed by atoms with Crippen molar-refractivity contribution >= 4 is 27.5 Å². The van der Waals surface area contributed by atoms with Gasteiger partial charge in [0.05, 0.1) is 24.2 Å². The zero-order valence-electron chi connectivity index (χ0n) is 18.1. The van der Waals surface area contributed by atoms with E-state index in [1.807, 2.05) is 39.1 Å². The molecule has 0 aliphatic carbocycles. The third-order valence-corrected chi connectivity index (χ3v) is 6.01. The molecule has 0 unspecified atom stereocenters. The fourth-order valence-corrected chi connectivity index (χ4v) is 4.25. The number of rotatable bonds is 5. The second-order valence-electron chi connectivity index (χ2n) is 7.59. The molecule has 31 heavy (non-hydrogen) atoms. The van der Waals surface area contributed by atoms with Gasteiger partial charge < -0.3 is 9.88 Å². The number of nitrogens with zero attached hydrogens (tertiary/aromatic N) is 6. The number of aromatic amines is 1. The van der Waals surface area contributed by atoms with E-state index in [-0.39, 0.29) is 24.4 Å². The minimum absolute atomic E-state index is 0.0971. The molecule has 0 radical (unpaired) electrons. The van der Waals surface area contributed by atoms with Gasteiger partial charge in [-0.1, -0.05) is 0 Å². The van der Waals surface area contributed by atoms with Crippen LogP contribution < -0.4 is 5.56 Å². The standard InChI is InChI=1S/C21H23N7O2S/c1-11-8-12(2)23-21(22-11)28-14(4)15(13(3)26-28)9-18(29)27(5)10-17-24-16-6-7-31-19(16)20(30)25-17/h6-8H,9-10H2,1-5H3,(H,24,25,30). The van der Waals surface area contributed by atoms with Gasteiger partial charge in [0.25, 0.3) is 11.5 Å². The van der Waals surface area contributed by atoms with Crippen molar-refractivity contribution in [3.05, 3.63) is 62.0 Å². The SMILES string of the molecule is Cc1cc(C)nc(-n2nc(C)c(CC(=O)N(C)Cc3nc4ccsc4c(=O)[nH]3)c2C)n1. The number of fused-ring (bicyclic) bond motifs is 1. The van der Waals surface area contributed by atoms with Gasteiger partial charge in [-0.2, -0.15) is 5.10 Å². The van der Waals surface area contributed by atoms with Crippen molar-refractivity contribution in [2.24, 2.45) is 0 Å². The second kappa shape index (κ2) is 8.03. The predicted octanol–water partition coefficient (Wildman–Crippen LogP) is 2.40. The van der Waals surface area contributed by atoms with Crippen LogP contribution in [0.2, 0.25) is 0 Å². The number of nitrogens with one attached hydrogen (secondary N) is 1. The lowest BCUT2D eigenvalue weighted by Gasteiger charge is -2.16. The smallest absolute Gasteiger partial charge is 0.268 e. The zero-order valence-corrected chi connectivity index (χ0v) is 18.9. The molecule has 0 fully saturated rings. The molecule has 0 saturated carbocycles. The van der Waals surface area contributed by atoms with E-state index in [1.54, 1.807) is 22.7 Å². The normalized spacial score (nSPS) is 11.3. The third kappa shape index (κ3) is 4.11. The van der Waals surface area contributed by atoms with E-state index >= 15 is 0 Å². The molecule has 0 aliphatic heterocycles. The van der Waals surface area contributed by atoms with Crippen molar-refractivity contribution in [2.75, 3.05) is 7.05 Å². The first-order chi connectivity index (χ1) is 14.7. The summed E-state index contributed by atoms with van der Waals surface area (Å²) in [5.41, 5.74) is 4.61. The summed E-state index contributed by atoms with van der Waals surface area (Å²) in [6.45, 7) is 7.82. The Labute approximate surface area is 182 Å². The first kappa shape index (κ1) is 20.9. The maximum Gasteiger partial charge on any atom is 0.268 e. The first-order valence-corrected chi connectivity index (χ1v) is 10.7. The minimum Gasteiger partial charge on any atom is -0.338 e. The molecule has 4 aromatic rings. The van der Waals surface area contributed by atoms with E-state index < -0.39 is 0 Å². The minimum atomic E-state index is -0.183. The Kier molecular flexibility index (Phi) is 5.40. The Balaban J connectivity index is 1.55. The number of thiophene rings is 1. The molecule has 0 spiro atoms. The largest absolute Gasteiger partial charge is 0.338 e. The van der Waals surface area contributed by atoms with Crippen molar-refractivity contribution in [1.29, 1.82) is 0 Å². The number of carbonyl (C=O) groups is 1. The molecule has 4 aromatic heterocycles.